The van der Waals surface area contributed by atoms with Gasteiger partial charge in [0, 0.05) is 16.3 Å². The minimum Gasteiger partial charge on any atom is -0.304 e. The quantitative estimate of drug-likeness (QED) is 0.783. The predicted octanol–water partition coefficient (Wildman–Crippen LogP) is 3.25. The first-order chi connectivity index (χ1) is 9.56. The molecular formula is C16H14ClNO2. The van der Waals surface area contributed by atoms with Crippen LogP contribution >= 0.6 is 11.6 Å². The number of carbonyl (C=O) groups excluding carboxylic acids is 2. The van der Waals surface area contributed by atoms with Crippen LogP contribution in [0.1, 0.15) is 25.3 Å². The first-order valence-corrected chi connectivity index (χ1v) is 6.95. The number of amides is 1. The number of nitrogens with zero attached hydrogens (tertiary/aromatic N) is 1. The molecular weight excluding hydrogens is 274 g/mol. The highest BCUT2D eigenvalue weighted by molar-refractivity contribution is 6.46. The molecule has 0 saturated heterocycles. The second-order valence-electron chi connectivity index (χ2n) is 5.20. The number of rotatable bonds is 2. The molecule has 1 heterocycles. The van der Waals surface area contributed by atoms with Crippen LogP contribution in [0.2, 0.25) is 5.02 Å². The molecule has 0 fully saturated rings. The van der Waals surface area contributed by atoms with Crippen LogP contribution in [0, 0.1) is 0 Å². The number of carbonyl (C=O) groups is 2. The Balaban J connectivity index is 1.91. The van der Waals surface area contributed by atoms with Gasteiger partial charge in [-0.2, -0.15) is 0 Å². The Morgan fingerprint density at radius 1 is 1.15 bits per heavy atom. The molecule has 0 saturated carbocycles. The van der Waals surface area contributed by atoms with E-state index in [1.54, 1.807) is 17.0 Å². The second kappa shape index (κ2) is 4.91. The molecule has 0 aromatic heterocycles. The van der Waals surface area contributed by atoms with Gasteiger partial charge >= 0.3 is 0 Å². The zero-order chi connectivity index (χ0) is 14.3. The van der Waals surface area contributed by atoms with E-state index in [2.05, 4.69) is 0 Å². The van der Waals surface area contributed by atoms with Gasteiger partial charge in [0.25, 0.3) is 11.7 Å². The molecule has 1 aromatic rings. The van der Waals surface area contributed by atoms with Gasteiger partial charge in [-0.15, -0.1) is 0 Å². The SMILES string of the molecule is CC1=CC2=C(CC1)N(Cc1ccc(Cl)cc1)C(=O)C2=O. The maximum absolute atomic E-state index is 12.1. The van der Waals surface area contributed by atoms with Crippen LogP contribution in [-0.2, 0) is 16.1 Å². The van der Waals surface area contributed by atoms with Crippen molar-refractivity contribution < 1.29 is 9.59 Å². The lowest BCUT2D eigenvalue weighted by atomic mass is 9.97. The van der Waals surface area contributed by atoms with Gasteiger partial charge in [-0.05, 0) is 37.5 Å². The van der Waals surface area contributed by atoms with E-state index in [0.29, 0.717) is 17.1 Å². The second-order valence-corrected chi connectivity index (χ2v) is 5.63. The third-order valence-corrected chi connectivity index (χ3v) is 3.97. The molecule has 0 N–H and O–H groups in total. The summed E-state index contributed by atoms with van der Waals surface area (Å²) in [6, 6.07) is 7.34. The number of ketones is 1. The van der Waals surface area contributed by atoms with Gasteiger partial charge < -0.3 is 4.90 Å². The fourth-order valence-electron chi connectivity index (χ4n) is 2.63. The molecule has 3 nitrogen and oxygen atoms in total. The van der Waals surface area contributed by atoms with E-state index in [1.165, 1.54) is 0 Å². The van der Waals surface area contributed by atoms with Crippen LogP contribution in [-0.4, -0.2) is 16.6 Å². The number of hydrogen-bond donors (Lipinski definition) is 0. The highest BCUT2D eigenvalue weighted by Crippen LogP contribution is 2.33. The van der Waals surface area contributed by atoms with E-state index in [-0.39, 0.29) is 5.78 Å². The van der Waals surface area contributed by atoms with Crippen molar-refractivity contribution in [3.8, 4) is 0 Å². The van der Waals surface area contributed by atoms with Crippen LogP contribution < -0.4 is 0 Å². The van der Waals surface area contributed by atoms with Gasteiger partial charge in [-0.1, -0.05) is 35.4 Å². The standard InChI is InChI=1S/C16H14ClNO2/c1-10-2-7-14-13(8-10)15(19)16(20)18(14)9-11-3-5-12(17)6-4-11/h3-6,8H,2,7,9H2,1H3. The van der Waals surface area contributed by atoms with Gasteiger partial charge in [0.1, 0.15) is 0 Å². The summed E-state index contributed by atoms with van der Waals surface area (Å²) in [5.74, 6) is -0.802. The lowest BCUT2D eigenvalue weighted by Gasteiger charge is -2.21. The molecule has 1 aliphatic heterocycles. The molecule has 0 unspecified atom stereocenters. The van der Waals surface area contributed by atoms with Gasteiger partial charge in [-0.25, -0.2) is 0 Å². The zero-order valence-electron chi connectivity index (χ0n) is 11.1. The van der Waals surface area contributed by atoms with Gasteiger partial charge in [0.2, 0.25) is 0 Å². The van der Waals surface area contributed by atoms with Crippen molar-refractivity contribution in [1.29, 1.82) is 0 Å². The first kappa shape index (κ1) is 13.1. The molecule has 0 atom stereocenters. The zero-order valence-corrected chi connectivity index (χ0v) is 11.9. The number of Topliss-reactive ketones (excluding diaryl/α,β-unsaturated/α-hetero) is 1. The Bertz CT molecular complexity index is 656. The summed E-state index contributed by atoms with van der Waals surface area (Å²) in [4.78, 5) is 25.8. The smallest absolute Gasteiger partial charge is 0.299 e. The predicted molar refractivity (Wildman–Crippen MR) is 77.0 cm³/mol. The average molecular weight is 288 g/mol. The van der Waals surface area contributed by atoms with Crippen LogP contribution in [0.25, 0.3) is 0 Å². The molecule has 20 heavy (non-hydrogen) atoms. The van der Waals surface area contributed by atoms with Crippen LogP contribution in [0.15, 0.2) is 47.2 Å². The summed E-state index contributed by atoms with van der Waals surface area (Å²) in [5.41, 5.74) is 3.56. The van der Waals surface area contributed by atoms with E-state index in [9.17, 15) is 9.59 Å². The lowest BCUT2D eigenvalue weighted by Crippen LogP contribution is -2.28. The molecule has 2 aliphatic rings. The summed E-state index contributed by atoms with van der Waals surface area (Å²) >= 11 is 5.86. The summed E-state index contributed by atoms with van der Waals surface area (Å²) in [6.45, 7) is 2.41. The summed E-state index contributed by atoms with van der Waals surface area (Å²) in [6.07, 6.45) is 3.50. The molecule has 0 spiro atoms. The van der Waals surface area contributed by atoms with Crippen molar-refractivity contribution in [3.63, 3.8) is 0 Å². The highest BCUT2D eigenvalue weighted by Gasteiger charge is 2.38. The molecule has 3 rings (SSSR count). The third-order valence-electron chi connectivity index (χ3n) is 3.72. The van der Waals surface area contributed by atoms with Crippen LogP contribution in [0.3, 0.4) is 0 Å². The van der Waals surface area contributed by atoms with E-state index >= 15 is 0 Å². The highest BCUT2D eigenvalue weighted by atomic mass is 35.5. The molecule has 0 bridgehead atoms. The number of halogens is 1. The van der Waals surface area contributed by atoms with Crippen molar-refractivity contribution in [2.24, 2.45) is 0 Å². The number of hydrogen-bond acceptors (Lipinski definition) is 2. The van der Waals surface area contributed by atoms with E-state index in [4.69, 9.17) is 11.6 Å². The van der Waals surface area contributed by atoms with Crippen LogP contribution in [0.5, 0.6) is 0 Å². The lowest BCUT2D eigenvalue weighted by molar-refractivity contribution is -0.139. The van der Waals surface area contributed by atoms with E-state index in [1.807, 2.05) is 25.1 Å². The summed E-state index contributed by atoms with van der Waals surface area (Å²) in [5, 5.41) is 0.661. The topological polar surface area (TPSA) is 37.4 Å². The molecule has 1 aromatic carbocycles. The van der Waals surface area contributed by atoms with E-state index < -0.39 is 5.91 Å². The molecule has 4 heteroatoms. The van der Waals surface area contributed by atoms with Gasteiger partial charge in [-0.3, -0.25) is 9.59 Å². The fourth-order valence-corrected chi connectivity index (χ4v) is 2.76. The van der Waals surface area contributed by atoms with Crippen molar-refractivity contribution in [2.45, 2.75) is 26.3 Å². The van der Waals surface area contributed by atoms with Crippen molar-refractivity contribution in [2.75, 3.05) is 0 Å². The van der Waals surface area contributed by atoms with E-state index in [0.717, 1.165) is 29.7 Å². The monoisotopic (exact) mass is 287 g/mol. The first-order valence-electron chi connectivity index (χ1n) is 6.57. The Kier molecular flexibility index (Phi) is 3.22. The van der Waals surface area contributed by atoms with Crippen molar-refractivity contribution in [3.05, 3.63) is 57.8 Å². The minimum absolute atomic E-state index is 0.381. The molecule has 0 radical (unpaired) electrons. The normalized spacial score (nSPS) is 18.5. The Morgan fingerprint density at radius 2 is 1.85 bits per heavy atom. The fraction of sp³-hybridized carbons (Fsp3) is 0.250. The van der Waals surface area contributed by atoms with Gasteiger partial charge in [0.05, 0.1) is 6.54 Å². The summed E-state index contributed by atoms with van der Waals surface area (Å²) in [7, 11) is 0. The Labute approximate surface area is 122 Å². The summed E-state index contributed by atoms with van der Waals surface area (Å²) < 4.78 is 0. The van der Waals surface area contributed by atoms with Crippen molar-refractivity contribution >= 4 is 23.3 Å². The number of benzene rings is 1. The largest absolute Gasteiger partial charge is 0.304 e. The minimum atomic E-state index is -0.420. The van der Waals surface area contributed by atoms with Crippen molar-refractivity contribution in [1.82, 2.24) is 4.90 Å². The molecule has 1 amide bonds. The number of allylic oxidation sites excluding steroid dienone is 3. The molecule has 102 valence electrons. The third kappa shape index (κ3) is 2.18. The maximum atomic E-state index is 12.1. The maximum Gasteiger partial charge on any atom is 0.299 e. The Hall–Kier alpha value is -1.87. The Morgan fingerprint density at radius 3 is 2.55 bits per heavy atom. The molecule has 1 aliphatic carbocycles. The van der Waals surface area contributed by atoms with Gasteiger partial charge in [0.15, 0.2) is 0 Å². The average Bonchev–Trinajstić information content (AvgIpc) is 2.66. The van der Waals surface area contributed by atoms with Crippen LogP contribution in [0.4, 0.5) is 0 Å².